The van der Waals surface area contributed by atoms with Crippen molar-refractivity contribution in [3.05, 3.63) is 52.9 Å². The smallest absolute Gasteiger partial charge is 0.255 e. The largest absolute Gasteiger partial charge is 0.373 e. The molecule has 19 heavy (non-hydrogen) atoms. The molecule has 0 saturated heterocycles. The summed E-state index contributed by atoms with van der Waals surface area (Å²) >= 11 is 5.81. The van der Waals surface area contributed by atoms with E-state index in [-0.39, 0.29) is 11.1 Å². The molecule has 0 fully saturated rings. The van der Waals surface area contributed by atoms with Crippen molar-refractivity contribution in [1.29, 1.82) is 0 Å². The van der Waals surface area contributed by atoms with Gasteiger partial charge in [0.15, 0.2) is 0 Å². The van der Waals surface area contributed by atoms with E-state index in [0.29, 0.717) is 17.1 Å². The van der Waals surface area contributed by atoms with Gasteiger partial charge < -0.3 is 10.6 Å². The Morgan fingerprint density at radius 3 is 2.79 bits per heavy atom. The van der Waals surface area contributed by atoms with Crippen molar-refractivity contribution < 1.29 is 9.18 Å². The number of anilines is 2. The molecule has 0 atom stereocenters. The molecule has 98 valence electrons. The molecule has 1 amide bonds. The molecule has 2 N–H and O–H groups in total. The minimum absolute atomic E-state index is 0.205. The van der Waals surface area contributed by atoms with Crippen LogP contribution in [0.5, 0.6) is 0 Å². The third-order valence-electron chi connectivity index (χ3n) is 2.39. The van der Waals surface area contributed by atoms with Gasteiger partial charge in [0.2, 0.25) is 0 Å². The molecule has 0 radical (unpaired) electrons. The van der Waals surface area contributed by atoms with Crippen molar-refractivity contribution in [3.63, 3.8) is 0 Å². The first-order chi connectivity index (χ1) is 9.08. The average Bonchev–Trinajstić information content (AvgIpc) is 2.38. The van der Waals surface area contributed by atoms with Crippen LogP contribution < -0.4 is 10.6 Å². The van der Waals surface area contributed by atoms with Gasteiger partial charge in [-0.15, -0.1) is 0 Å². The molecule has 0 bridgehead atoms. The monoisotopic (exact) mass is 279 g/mol. The molecular weight excluding hydrogens is 269 g/mol. The number of nitrogens with one attached hydrogen (secondary N) is 2. The van der Waals surface area contributed by atoms with Crippen molar-refractivity contribution in [3.8, 4) is 0 Å². The fourth-order valence-electron chi connectivity index (χ4n) is 1.53. The lowest BCUT2D eigenvalue weighted by Gasteiger charge is -2.07. The van der Waals surface area contributed by atoms with Crippen LogP contribution in [-0.4, -0.2) is 17.9 Å². The van der Waals surface area contributed by atoms with Crippen LogP contribution >= 0.6 is 11.6 Å². The van der Waals surface area contributed by atoms with Crippen LogP contribution in [0.3, 0.4) is 0 Å². The molecule has 0 aliphatic rings. The van der Waals surface area contributed by atoms with Gasteiger partial charge in [0.25, 0.3) is 5.91 Å². The fraction of sp³-hybridized carbons (Fsp3) is 0.0769. The number of aromatic nitrogens is 1. The molecule has 0 spiro atoms. The van der Waals surface area contributed by atoms with Crippen LogP contribution in [-0.2, 0) is 0 Å². The van der Waals surface area contributed by atoms with E-state index in [2.05, 4.69) is 15.6 Å². The molecule has 1 aromatic carbocycles. The standard InChI is InChI=1S/C13H11ClFN3O/c1-16-12-6-8(5-11(14)18-12)13(19)17-10-4-2-3-9(15)7-10/h2-7H,1H3,(H,16,18)(H,17,19). The van der Waals surface area contributed by atoms with Crippen LogP contribution in [0, 0.1) is 5.82 Å². The molecule has 4 nitrogen and oxygen atoms in total. The maximum absolute atomic E-state index is 13.0. The number of carbonyl (C=O) groups excluding carboxylic acids is 1. The predicted molar refractivity (Wildman–Crippen MR) is 73.1 cm³/mol. The third-order valence-corrected chi connectivity index (χ3v) is 2.59. The molecule has 1 heterocycles. The molecule has 0 aliphatic heterocycles. The molecule has 2 rings (SSSR count). The van der Waals surface area contributed by atoms with Crippen LogP contribution in [0.15, 0.2) is 36.4 Å². The summed E-state index contributed by atoms with van der Waals surface area (Å²) in [4.78, 5) is 16.0. The highest BCUT2D eigenvalue weighted by atomic mass is 35.5. The van der Waals surface area contributed by atoms with Gasteiger partial charge in [-0.05, 0) is 30.3 Å². The first-order valence-corrected chi connectivity index (χ1v) is 5.88. The van der Waals surface area contributed by atoms with E-state index in [1.165, 1.54) is 24.3 Å². The molecule has 6 heteroatoms. The summed E-state index contributed by atoms with van der Waals surface area (Å²) in [5, 5.41) is 5.59. The SMILES string of the molecule is CNc1cc(C(=O)Nc2cccc(F)c2)cc(Cl)n1. The Kier molecular flexibility index (Phi) is 3.97. The number of hydrogen-bond acceptors (Lipinski definition) is 3. The van der Waals surface area contributed by atoms with Gasteiger partial charge in [-0.3, -0.25) is 4.79 Å². The van der Waals surface area contributed by atoms with E-state index in [4.69, 9.17) is 11.6 Å². The maximum atomic E-state index is 13.0. The quantitative estimate of drug-likeness (QED) is 0.849. The van der Waals surface area contributed by atoms with Gasteiger partial charge in [0.05, 0.1) is 0 Å². The maximum Gasteiger partial charge on any atom is 0.255 e. The zero-order valence-electron chi connectivity index (χ0n) is 10.1. The summed E-state index contributed by atoms with van der Waals surface area (Å²) in [5.41, 5.74) is 0.720. The Hall–Kier alpha value is -2.14. The minimum Gasteiger partial charge on any atom is -0.373 e. The predicted octanol–water partition coefficient (Wildman–Crippen LogP) is 3.17. The van der Waals surface area contributed by atoms with E-state index < -0.39 is 5.82 Å². The van der Waals surface area contributed by atoms with Crippen molar-refractivity contribution in [2.75, 3.05) is 17.7 Å². The van der Waals surface area contributed by atoms with E-state index in [1.54, 1.807) is 19.2 Å². The van der Waals surface area contributed by atoms with Crippen LogP contribution in [0.25, 0.3) is 0 Å². The number of rotatable bonds is 3. The summed E-state index contributed by atoms with van der Waals surface area (Å²) in [6.45, 7) is 0. The molecule has 0 aliphatic carbocycles. The lowest BCUT2D eigenvalue weighted by Crippen LogP contribution is -2.12. The van der Waals surface area contributed by atoms with E-state index in [0.717, 1.165) is 0 Å². The molecule has 0 unspecified atom stereocenters. The molecular formula is C13H11ClFN3O. The number of nitrogens with zero attached hydrogens (tertiary/aromatic N) is 1. The fourth-order valence-corrected chi connectivity index (χ4v) is 1.73. The Balaban J connectivity index is 2.22. The number of benzene rings is 1. The van der Waals surface area contributed by atoms with Crippen LogP contribution in [0.1, 0.15) is 10.4 Å². The Labute approximate surface area is 114 Å². The number of pyridine rings is 1. The first kappa shape index (κ1) is 13.3. The minimum atomic E-state index is -0.415. The molecule has 2 aromatic rings. The zero-order valence-corrected chi connectivity index (χ0v) is 10.8. The van der Waals surface area contributed by atoms with Crippen LogP contribution in [0.2, 0.25) is 5.15 Å². The number of hydrogen-bond donors (Lipinski definition) is 2. The summed E-state index contributed by atoms with van der Waals surface area (Å²) < 4.78 is 13.0. The van der Waals surface area contributed by atoms with Gasteiger partial charge in [-0.2, -0.15) is 0 Å². The first-order valence-electron chi connectivity index (χ1n) is 5.51. The number of halogens is 2. The highest BCUT2D eigenvalue weighted by molar-refractivity contribution is 6.30. The average molecular weight is 280 g/mol. The topological polar surface area (TPSA) is 54.0 Å². The van der Waals surface area contributed by atoms with Crippen molar-refractivity contribution in [2.45, 2.75) is 0 Å². The van der Waals surface area contributed by atoms with Crippen LogP contribution in [0.4, 0.5) is 15.9 Å². The summed E-state index contributed by atoms with van der Waals surface area (Å²) in [5.74, 6) is -0.315. The highest BCUT2D eigenvalue weighted by Crippen LogP contribution is 2.16. The van der Waals surface area contributed by atoms with Crippen molar-refractivity contribution in [2.24, 2.45) is 0 Å². The summed E-state index contributed by atoms with van der Waals surface area (Å²) in [7, 11) is 1.67. The second-order valence-corrected chi connectivity index (χ2v) is 4.17. The Morgan fingerprint density at radius 1 is 1.32 bits per heavy atom. The summed E-state index contributed by atoms with van der Waals surface area (Å²) in [6.07, 6.45) is 0. The second kappa shape index (κ2) is 5.67. The Morgan fingerprint density at radius 2 is 2.11 bits per heavy atom. The van der Waals surface area contributed by atoms with Crippen molar-refractivity contribution >= 4 is 29.0 Å². The van der Waals surface area contributed by atoms with E-state index >= 15 is 0 Å². The normalized spacial score (nSPS) is 10.1. The van der Waals surface area contributed by atoms with Crippen molar-refractivity contribution in [1.82, 2.24) is 4.98 Å². The second-order valence-electron chi connectivity index (χ2n) is 3.78. The van der Waals surface area contributed by atoms with Gasteiger partial charge in [-0.25, -0.2) is 9.37 Å². The van der Waals surface area contributed by atoms with Gasteiger partial charge in [0.1, 0.15) is 16.8 Å². The number of carbonyl (C=O) groups is 1. The highest BCUT2D eigenvalue weighted by Gasteiger charge is 2.09. The third kappa shape index (κ3) is 3.42. The lowest BCUT2D eigenvalue weighted by atomic mass is 10.2. The van der Waals surface area contributed by atoms with Gasteiger partial charge >= 0.3 is 0 Å². The molecule has 1 aromatic heterocycles. The van der Waals surface area contributed by atoms with Gasteiger partial charge in [0, 0.05) is 18.3 Å². The lowest BCUT2D eigenvalue weighted by molar-refractivity contribution is 0.102. The number of amides is 1. The van der Waals surface area contributed by atoms with E-state index in [9.17, 15) is 9.18 Å². The van der Waals surface area contributed by atoms with Gasteiger partial charge in [-0.1, -0.05) is 17.7 Å². The Bertz CT molecular complexity index is 619. The zero-order chi connectivity index (χ0) is 13.8. The molecule has 0 saturated carbocycles. The summed E-state index contributed by atoms with van der Waals surface area (Å²) in [6, 6.07) is 8.65. The van der Waals surface area contributed by atoms with E-state index in [1.807, 2.05) is 0 Å².